The minimum atomic E-state index is 0. The van der Waals surface area contributed by atoms with Gasteiger partial charge in [0, 0.05) is 13.2 Å². The van der Waals surface area contributed by atoms with Crippen LogP contribution in [0.1, 0.15) is 194 Å². The molecule has 0 heterocycles. The molecular weight excluding hydrogens is 666 g/mol. The molecule has 0 spiro atoms. The first-order valence-electron chi connectivity index (χ1n) is 20.4. The van der Waals surface area contributed by atoms with Crippen molar-refractivity contribution < 1.29 is 26.4 Å². The van der Waals surface area contributed by atoms with E-state index in [2.05, 4.69) is 68.2 Å². The number of alkyl halides is 1. The Morgan fingerprint density at radius 3 is 1.21 bits per heavy atom. The number of hydrogen-bond acceptors (Lipinski definition) is 2. The van der Waals surface area contributed by atoms with Crippen molar-refractivity contribution >= 4 is 15.9 Å². The number of hydrogen-bond donors (Lipinski definition) is 0. The second-order valence-electron chi connectivity index (χ2n) is 14.7. The fourth-order valence-corrected chi connectivity index (χ4v) is 6.22. The van der Waals surface area contributed by atoms with E-state index in [1.165, 1.54) is 180 Å². The van der Waals surface area contributed by atoms with E-state index >= 15 is 0 Å². The number of ether oxygens (including phenoxy) is 2. The fourth-order valence-electron chi connectivity index (χ4n) is 6.02. The molecule has 0 N–H and O–H groups in total. The first-order chi connectivity index (χ1) is 22.6. The number of quaternary nitrogens is 1. The van der Waals surface area contributed by atoms with Crippen molar-refractivity contribution in [2.75, 3.05) is 45.9 Å². The van der Waals surface area contributed by atoms with E-state index < -0.39 is 0 Å². The van der Waals surface area contributed by atoms with Gasteiger partial charge in [0.2, 0.25) is 0 Å². The second kappa shape index (κ2) is 40.6. The maximum Gasteiger partial charge on any atom is 0.134 e. The molecule has 0 saturated carbocycles. The number of nitrogens with zero attached hydrogens (tertiary/aromatic N) is 1. The molecule has 0 rings (SSSR count). The van der Waals surface area contributed by atoms with Crippen LogP contribution in [0.25, 0.3) is 0 Å². The van der Waals surface area contributed by atoms with Gasteiger partial charge in [0.1, 0.15) is 18.1 Å². The zero-order valence-electron chi connectivity index (χ0n) is 32.2. The molecule has 0 saturated heterocycles. The van der Waals surface area contributed by atoms with Gasteiger partial charge in [0.05, 0.1) is 20.7 Å². The zero-order chi connectivity index (χ0) is 33.7. The lowest BCUT2D eigenvalue weighted by molar-refractivity contribution is -0.879. The van der Waals surface area contributed by atoms with Gasteiger partial charge < -0.3 is 26.4 Å². The Labute approximate surface area is 311 Å². The smallest absolute Gasteiger partial charge is 0.134 e. The third-order valence-electron chi connectivity index (χ3n) is 9.14. The Hall–Kier alpha value is 0.130. The van der Waals surface area contributed by atoms with Gasteiger partial charge in [-0.15, -0.1) is 0 Å². The summed E-state index contributed by atoms with van der Waals surface area (Å²) in [6.07, 6.45) is 47.5. The Morgan fingerprint density at radius 1 is 0.489 bits per heavy atom. The van der Waals surface area contributed by atoms with E-state index in [0.717, 1.165) is 36.3 Å². The molecule has 0 bridgehead atoms. The zero-order valence-corrected chi connectivity index (χ0v) is 34.6. The van der Waals surface area contributed by atoms with Crippen molar-refractivity contribution in [3.63, 3.8) is 0 Å². The molecule has 0 fully saturated rings. The number of likely N-dealkylation sites (N-methyl/N-ethyl adjacent to an activating group) is 1. The van der Waals surface area contributed by atoms with Crippen LogP contribution in [-0.2, 0) is 9.47 Å². The third-order valence-corrected chi connectivity index (χ3v) is 10.5. The fraction of sp³-hybridized carbons (Fsp3) is 0.905. The van der Waals surface area contributed by atoms with Crippen molar-refractivity contribution in [3.8, 4) is 0 Å². The van der Waals surface area contributed by atoms with Crippen LogP contribution in [0.5, 0.6) is 0 Å². The van der Waals surface area contributed by atoms with Crippen LogP contribution in [0.3, 0.4) is 0 Å². The second-order valence-corrected chi connectivity index (χ2v) is 15.2. The molecule has 0 aliphatic rings. The number of halogens is 2. The van der Waals surface area contributed by atoms with E-state index in [1.54, 1.807) is 0 Å². The normalized spacial score (nSPS) is 12.8. The minimum absolute atomic E-state index is 0. The number of rotatable bonds is 38. The monoisotopic (exact) mass is 748 g/mol. The van der Waals surface area contributed by atoms with Gasteiger partial charge in [-0.25, -0.2) is 0 Å². The predicted octanol–water partition coefficient (Wildman–Crippen LogP) is 10.9. The molecule has 47 heavy (non-hydrogen) atoms. The van der Waals surface area contributed by atoms with Crippen LogP contribution in [-0.4, -0.2) is 56.5 Å². The molecule has 0 aliphatic heterocycles. The molecular formula is C42H83BrClNO2. The van der Waals surface area contributed by atoms with Crippen LogP contribution in [0.4, 0.5) is 0 Å². The summed E-state index contributed by atoms with van der Waals surface area (Å²) in [6, 6.07) is 0. The molecule has 0 aromatic heterocycles. The minimum Gasteiger partial charge on any atom is -1.00 e. The van der Waals surface area contributed by atoms with Crippen molar-refractivity contribution in [2.45, 2.75) is 200 Å². The Bertz CT molecular complexity index is 642. The molecule has 0 aromatic rings. The lowest BCUT2D eigenvalue weighted by Crippen LogP contribution is -3.00. The van der Waals surface area contributed by atoms with Gasteiger partial charge in [0.15, 0.2) is 0 Å². The van der Waals surface area contributed by atoms with Crippen LogP contribution in [0, 0.1) is 0 Å². The van der Waals surface area contributed by atoms with Gasteiger partial charge in [-0.2, -0.15) is 0 Å². The predicted molar refractivity (Wildman–Crippen MR) is 210 cm³/mol. The summed E-state index contributed by atoms with van der Waals surface area (Å²) in [5.74, 6) is 0. The average molecular weight is 749 g/mol. The van der Waals surface area contributed by atoms with Crippen molar-refractivity contribution in [2.24, 2.45) is 0 Å². The molecule has 5 heteroatoms. The third kappa shape index (κ3) is 40.4. The molecule has 1 atom stereocenters. The Balaban J connectivity index is 0. The highest BCUT2D eigenvalue weighted by atomic mass is 79.9. The highest BCUT2D eigenvalue weighted by Crippen LogP contribution is 2.13. The lowest BCUT2D eigenvalue weighted by atomic mass is 10.1. The molecule has 0 aliphatic carbocycles. The van der Waals surface area contributed by atoms with Gasteiger partial charge in [-0.3, -0.25) is 0 Å². The van der Waals surface area contributed by atoms with E-state index in [4.69, 9.17) is 9.47 Å². The van der Waals surface area contributed by atoms with Crippen molar-refractivity contribution in [1.29, 1.82) is 0 Å². The Kier molecular flexibility index (Phi) is 42.5. The van der Waals surface area contributed by atoms with Crippen molar-refractivity contribution in [3.05, 3.63) is 24.3 Å². The number of allylic oxidation sites excluding steroid dienone is 4. The standard InChI is InChI=1S/C42H83BrNO2.ClH/c1-5-7-9-11-13-15-17-19-21-23-25-27-29-31-33-35-37-45-40-42(39-44(3,4)41-43)46-38-36-34-32-30-28-26-24-22-20-18-16-14-12-10-8-6-2;/h19-22,42H,5-18,23-41H2,1-4H3;1H/q+1;/p-1/b21-19-,22-20-;. The van der Waals surface area contributed by atoms with E-state index in [0.29, 0.717) is 0 Å². The van der Waals surface area contributed by atoms with Gasteiger partial charge >= 0.3 is 0 Å². The van der Waals surface area contributed by atoms with Crippen LogP contribution in [0.15, 0.2) is 24.3 Å². The first-order valence-corrected chi connectivity index (χ1v) is 21.5. The molecule has 0 radical (unpaired) electrons. The summed E-state index contributed by atoms with van der Waals surface area (Å²) in [5, 5.41) is 0. The van der Waals surface area contributed by atoms with E-state index in [-0.39, 0.29) is 18.5 Å². The number of unbranched alkanes of at least 4 members (excludes halogenated alkanes) is 24. The van der Waals surface area contributed by atoms with E-state index in [1.807, 2.05) is 0 Å². The highest BCUT2D eigenvalue weighted by molar-refractivity contribution is 9.09. The summed E-state index contributed by atoms with van der Waals surface area (Å²) in [7, 11) is 4.53. The topological polar surface area (TPSA) is 18.5 Å². The molecule has 3 nitrogen and oxygen atoms in total. The summed E-state index contributed by atoms with van der Waals surface area (Å²) in [6.45, 7) is 8.04. The molecule has 0 amide bonds. The quantitative estimate of drug-likeness (QED) is 0.0206. The van der Waals surface area contributed by atoms with Crippen LogP contribution < -0.4 is 12.4 Å². The van der Waals surface area contributed by atoms with Crippen molar-refractivity contribution in [1.82, 2.24) is 0 Å². The lowest BCUT2D eigenvalue weighted by Gasteiger charge is -2.31. The van der Waals surface area contributed by atoms with Gasteiger partial charge in [-0.05, 0) is 80.1 Å². The maximum absolute atomic E-state index is 6.36. The SMILES string of the molecule is CCCCCCCC/C=C\CCCCCCCCOCC(C[N+](C)(C)CBr)OCCCCCCCC/C=C\CCCCCCCC.[Cl-]. The largest absolute Gasteiger partial charge is 1.00 e. The molecule has 282 valence electrons. The molecule has 1 unspecified atom stereocenters. The van der Waals surface area contributed by atoms with Gasteiger partial charge in [0.25, 0.3) is 0 Å². The van der Waals surface area contributed by atoms with E-state index in [9.17, 15) is 0 Å². The maximum atomic E-state index is 6.36. The summed E-state index contributed by atoms with van der Waals surface area (Å²) in [5.41, 5.74) is 0.940. The summed E-state index contributed by atoms with van der Waals surface area (Å²) >= 11 is 3.68. The van der Waals surface area contributed by atoms with Crippen LogP contribution >= 0.6 is 15.9 Å². The highest BCUT2D eigenvalue weighted by Gasteiger charge is 2.22. The summed E-state index contributed by atoms with van der Waals surface area (Å²) < 4.78 is 13.4. The van der Waals surface area contributed by atoms with Crippen LogP contribution in [0.2, 0.25) is 0 Å². The summed E-state index contributed by atoms with van der Waals surface area (Å²) in [4.78, 5) is 0. The molecule has 0 aromatic carbocycles. The Morgan fingerprint density at radius 2 is 0.830 bits per heavy atom. The van der Waals surface area contributed by atoms with Gasteiger partial charge in [-0.1, -0.05) is 154 Å². The first kappa shape index (κ1) is 49.2. The average Bonchev–Trinajstić information content (AvgIpc) is 3.05.